The lowest BCUT2D eigenvalue weighted by Crippen LogP contribution is -2.10. The van der Waals surface area contributed by atoms with Gasteiger partial charge in [-0.05, 0) is 25.0 Å². The molecule has 1 heterocycles. The Hall–Kier alpha value is -0.700. The Morgan fingerprint density at radius 2 is 1.89 bits per heavy atom. The van der Waals surface area contributed by atoms with E-state index in [-0.39, 0.29) is 5.41 Å². The van der Waals surface area contributed by atoms with E-state index in [0.29, 0.717) is 15.9 Å². The fourth-order valence-electron chi connectivity index (χ4n) is 2.24. The summed E-state index contributed by atoms with van der Waals surface area (Å²) in [5.74, 6) is 0.588. The second-order valence-corrected chi connectivity index (χ2v) is 5.75. The molecule has 1 aliphatic carbocycles. The summed E-state index contributed by atoms with van der Waals surface area (Å²) in [6.45, 7) is 0. The number of hydrogen-bond donors (Lipinski definition) is 1. The molecule has 18 heavy (non-hydrogen) atoms. The second kappa shape index (κ2) is 4.44. The van der Waals surface area contributed by atoms with Crippen molar-refractivity contribution in [2.24, 2.45) is 0 Å². The third-order valence-electron chi connectivity index (χ3n) is 3.51. The van der Waals surface area contributed by atoms with Crippen molar-refractivity contribution >= 4 is 34.8 Å². The summed E-state index contributed by atoms with van der Waals surface area (Å²) < 4.78 is 0. The van der Waals surface area contributed by atoms with Crippen molar-refractivity contribution in [1.82, 2.24) is 10.2 Å². The second-order valence-electron chi connectivity index (χ2n) is 4.67. The number of halogens is 3. The van der Waals surface area contributed by atoms with E-state index in [1.54, 1.807) is 6.20 Å². The van der Waals surface area contributed by atoms with Crippen LogP contribution in [0.25, 0.3) is 11.1 Å². The van der Waals surface area contributed by atoms with Crippen LogP contribution < -0.4 is 0 Å². The van der Waals surface area contributed by atoms with Crippen LogP contribution in [-0.4, -0.2) is 16.1 Å². The molecule has 0 amide bonds. The standard InChI is InChI=1S/C13H11Cl3N2/c14-7-13(4-5-13)12-8(6-17-18-12)11-9(15)2-1-3-10(11)16/h1-3,6H,4-5,7H2,(H,17,18). The van der Waals surface area contributed by atoms with Gasteiger partial charge >= 0.3 is 0 Å². The summed E-state index contributed by atoms with van der Waals surface area (Å²) in [5, 5.41) is 8.46. The van der Waals surface area contributed by atoms with E-state index in [0.717, 1.165) is 29.7 Å². The van der Waals surface area contributed by atoms with Gasteiger partial charge in [0, 0.05) is 22.4 Å². The van der Waals surface area contributed by atoms with Gasteiger partial charge in [0.1, 0.15) is 0 Å². The number of aromatic amines is 1. The number of nitrogens with one attached hydrogen (secondary N) is 1. The van der Waals surface area contributed by atoms with Gasteiger partial charge in [0.05, 0.1) is 21.9 Å². The summed E-state index contributed by atoms with van der Waals surface area (Å²) in [7, 11) is 0. The fourth-order valence-corrected chi connectivity index (χ4v) is 3.24. The molecule has 0 radical (unpaired) electrons. The Morgan fingerprint density at radius 1 is 1.22 bits per heavy atom. The van der Waals surface area contributed by atoms with Gasteiger partial charge in [-0.3, -0.25) is 5.10 Å². The van der Waals surface area contributed by atoms with Gasteiger partial charge in [0.15, 0.2) is 0 Å². The van der Waals surface area contributed by atoms with Gasteiger partial charge < -0.3 is 0 Å². The van der Waals surface area contributed by atoms with Crippen molar-refractivity contribution in [2.75, 3.05) is 5.88 Å². The highest BCUT2D eigenvalue weighted by Gasteiger charge is 2.46. The van der Waals surface area contributed by atoms with Crippen LogP contribution in [0.3, 0.4) is 0 Å². The molecule has 0 aliphatic heterocycles. The molecular weight excluding hydrogens is 291 g/mol. The monoisotopic (exact) mass is 300 g/mol. The largest absolute Gasteiger partial charge is 0.281 e. The van der Waals surface area contributed by atoms with Gasteiger partial charge in [-0.25, -0.2) is 0 Å². The maximum atomic E-state index is 6.25. The molecule has 0 unspecified atom stereocenters. The first kappa shape index (κ1) is 12.3. The molecule has 0 atom stereocenters. The number of rotatable bonds is 3. The van der Waals surface area contributed by atoms with E-state index < -0.39 is 0 Å². The highest BCUT2D eigenvalue weighted by atomic mass is 35.5. The molecule has 2 nitrogen and oxygen atoms in total. The number of nitrogens with zero attached hydrogens (tertiary/aromatic N) is 1. The summed E-state index contributed by atoms with van der Waals surface area (Å²) in [5.41, 5.74) is 2.87. The highest BCUT2D eigenvalue weighted by molar-refractivity contribution is 6.39. The Bertz CT molecular complexity index is 567. The number of benzene rings is 1. The molecule has 0 spiro atoms. The van der Waals surface area contributed by atoms with Crippen LogP contribution in [0.4, 0.5) is 0 Å². The Balaban J connectivity index is 2.17. The van der Waals surface area contributed by atoms with Crippen molar-refractivity contribution in [3.63, 3.8) is 0 Å². The van der Waals surface area contributed by atoms with Crippen molar-refractivity contribution < 1.29 is 0 Å². The summed E-state index contributed by atoms with van der Waals surface area (Å²) in [6, 6.07) is 5.50. The lowest BCUT2D eigenvalue weighted by Gasteiger charge is -2.13. The molecule has 1 aromatic heterocycles. The zero-order valence-corrected chi connectivity index (χ0v) is 11.8. The molecule has 0 saturated heterocycles. The van der Waals surface area contributed by atoms with Gasteiger partial charge in [-0.2, -0.15) is 5.10 Å². The molecule has 94 valence electrons. The van der Waals surface area contributed by atoms with Crippen LogP contribution in [0.15, 0.2) is 24.4 Å². The minimum absolute atomic E-state index is 0.0237. The zero-order chi connectivity index (χ0) is 12.8. The normalized spacial score (nSPS) is 16.8. The maximum Gasteiger partial charge on any atom is 0.0570 e. The SMILES string of the molecule is ClCC1(c2[nH]ncc2-c2c(Cl)cccc2Cl)CC1. The Morgan fingerprint density at radius 3 is 2.44 bits per heavy atom. The van der Waals surface area contributed by atoms with E-state index in [4.69, 9.17) is 34.8 Å². The molecule has 0 bridgehead atoms. The molecule has 1 N–H and O–H groups in total. The summed E-state index contributed by atoms with van der Waals surface area (Å²) in [6.07, 6.45) is 3.93. The molecule has 1 aromatic carbocycles. The van der Waals surface area contributed by atoms with Gasteiger partial charge in [-0.1, -0.05) is 29.3 Å². The Kier molecular flexibility index (Phi) is 3.05. The fraction of sp³-hybridized carbons (Fsp3) is 0.308. The van der Waals surface area contributed by atoms with Crippen LogP contribution in [0, 0.1) is 0 Å². The topological polar surface area (TPSA) is 28.7 Å². The first-order valence-electron chi connectivity index (χ1n) is 5.72. The smallest absolute Gasteiger partial charge is 0.0570 e. The van der Waals surface area contributed by atoms with Gasteiger partial charge in [-0.15, -0.1) is 11.6 Å². The first-order valence-corrected chi connectivity index (χ1v) is 7.01. The minimum atomic E-state index is 0.0237. The predicted molar refractivity (Wildman–Crippen MR) is 75.7 cm³/mol. The third kappa shape index (κ3) is 1.83. The van der Waals surface area contributed by atoms with Crippen molar-refractivity contribution in [2.45, 2.75) is 18.3 Å². The minimum Gasteiger partial charge on any atom is -0.281 e. The van der Waals surface area contributed by atoms with Crippen LogP contribution in [0.1, 0.15) is 18.5 Å². The van der Waals surface area contributed by atoms with Crippen LogP contribution in [-0.2, 0) is 5.41 Å². The quantitative estimate of drug-likeness (QED) is 0.821. The van der Waals surface area contributed by atoms with E-state index in [1.165, 1.54) is 0 Å². The zero-order valence-electron chi connectivity index (χ0n) is 9.51. The maximum absolute atomic E-state index is 6.25. The Labute approximate surface area is 120 Å². The van der Waals surface area contributed by atoms with E-state index in [2.05, 4.69) is 10.2 Å². The number of H-pyrrole nitrogens is 1. The summed E-state index contributed by atoms with van der Waals surface area (Å²) >= 11 is 18.6. The van der Waals surface area contributed by atoms with Gasteiger partial charge in [0.2, 0.25) is 0 Å². The lowest BCUT2D eigenvalue weighted by atomic mass is 9.96. The predicted octanol–water partition coefficient (Wildman–Crippen LogP) is 4.65. The van der Waals surface area contributed by atoms with Crippen LogP contribution in [0.2, 0.25) is 10.0 Å². The van der Waals surface area contributed by atoms with Gasteiger partial charge in [0.25, 0.3) is 0 Å². The van der Waals surface area contributed by atoms with Crippen molar-refractivity contribution in [3.8, 4) is 11.1 Å². The van der Waals surface area contributed by atoms with Crippen LogP contribution in [0.5, 0.6) is 0 Å². The molecule has 1 fully saturated rings. The van der Waals surface area contributed by atoms with E-state index >= 15 is 0 Å². The lowest BCUT2D eigenvalue weighted by molar-refractivity contribution is 0.752. The molecule has 1 saturated carbocycles. The highest BCUT2D eigenvalue weighted by Crippen LogP contribution is 2.52. The van der Waals surface area contributed by atoms with E-state index in [1.807, 2.05) is 18.2 Å². The number of alkyl halides is 1. The average Bonchev–Trinajstić information content (AvgIpc) is 3.01. The van der Waals surface area contributed by atoms with Crippen LogP contribution >= 0.6 is 34.8 Å². The summed E-state index contributed by atoms with van der Waals surface area (Å²) in [4.78, 5) is 0. The molecule has 3 rings (SSSR count). The number of hydrogen-bond acceptors (Lipinski definition) is 1. The first-order chi connectivity index (χ1) is 8.68. The molecule has 5 heteroatoms. The molecule has 2 aromatic rings. The average molecular weight is 302 g/mol. The molecular formula is C13H11Cl3N2. The van der Waals surface area contributed by atoms with E-state index in [9.17, 15) is 0 Å². The van der Waals surface area contributed by atoms with Crippen molar-refractivity contribution in [1.29, 1.82) is 0 Å². The molecule has 1 aliphatic rings. The third-order valence-corrected chi connectivity index (χ3v) is 4.65. The number of aromatic nitrogens is 2. The van der Waals surface area contributed by atoms with Crippen molar-refractivity contribution in [3.05, 3.63) is 40.1 Å².